The fourth-order valence-electron chi connectivity index (χ4n) is 1.78. The second kappa shape index (κ2) is 5.98. The van der Waals surface area contributed by atoms with Crippen molar-refractivity contribution in [2.45, 2.75) is 11.4 Å². The highest BCUT2D eigenvalue weighted by Gasteiger charge is 2.18. The summed E-state index contributed by atoms with van der Waals surface area (Å²) in [5, 5.41) is 0. The quantitative estimate of drug-likeness (QED) is 0.725. The maximum Gasteiger partial charge on any atom is 0.252 e. The Morgan fingerprint density at radius 2 is 2.14 bits per heavy atom. The first-order valence-electron chi connectivity index (χ1n) is 6.03. The molecule has 1 aromatic carbocycles. The van der Waals surface area contributed by atoms with E-state index in [1.807, 2.05) is 0 Å². The van der Waals surface area contributed by atoms with E-state index in [2.05, 4.69) is 9.71 Å². The zero-order chi connectivity index (χ0) is 15.5. The Morgan fingerprint density at radius 1 is 1.38 bits per heavy atom. The molecule has 0 unspecified atom stereocenters. The minimum Gasteiger partial charge on any atom is -0.496 e. The Bertz CT molecular complexity index is 739. The third-order valence-electron chi connectivity index (χ3n) is 2.88. The van der Waals surface area contributed by atoms with Crippen LogP contribution in [0.5, 0.6) is 5.75 Å². The minimum absolute atomic E-state index is 0.0158. The summed E-state index contributed by atoms with van der Waals surface area (Å²) < 4.78 is 31.8. The van der Waals surface area contributed by atoms with E-state index in [1.54, 1.807) is 18.5 Å². The van der Waals surface area contributed by atoms with Crippen LogP contribution in [0.15, 0.2) is 41.6 Å². The SMILES string of the molecule is COc1ccc(S(=O)(=O)NCc2cc[nH]c2)cc1C(N)=O. The van der Waals surface area contributed by atoms with Gasteiger partial charge >= 0.3 is 0 Å². The van der Waals surface area contributed by atoms with E-state index in [0.29, 0.717) is 0 Å². The van der Waals surface area contributed by atoms with Crippen LogP contribution >= 0.6 is 0 Å². The molecule has 0 aliphatic carbocycles. The number of nitrogens with one attached hydrogen (secondary N) is 2. The lowest BCUT2D eigenvalue weighted by atomic mass is 10.2. The van der Waals surface area contributed by atoms with Gasteiger partial charge in [-0.2, -0.15) is 0 Å². The van der Waals surface area contributed by atoms with Gasteiger partial charge in [0, 0.05) is 18.9 Å². The number of carbonyl (C=O) groups excluding carboxylic acids is 1. The average Bonchev–Trinajstić information content (AvgIpc) is 2.97. The van der Waals surface area contributed by atoms with E-state index < -0.39 is 15.9 Å². The molecule has 8 heteroatoms. The van der Waals surface area contributed by atoms with Crippen LogP contribution in [0, 0.1) is 0 Å². The fraction of sp³-hybridized carbons (Fsp3) is 0.154. The Kier molecular flexibility index (Phi) is 4.29. The van der Waals surface area contributed by atoms with E-state index in [4.69, 9.17) is 10.5 Å². The van der Waals surface area contributed by atoms with Crippen LogP contribution in [0.3, 0.4) is 0 Å². The maximum absolute atomic E-state index is 12.2. The van der Waals surface area contributed by atoms with Gasteiger partial charge in [0.25, 0.3) is 5.91 Å². The predicted octanol–water partition coefficient (Wildman–Crippen LogP) is 0.601. The lowest BCUT2D eigenvalue weighted by Crippen LogP contribution is -2.23. The van der Waals surface area contributed by atoms with Crippen LogP contribution in [-0.2, 0) is 16.6 Å². The Morgan fingerprint density at radius 3 is 2.71 bits per heavy atom. The van der Waals surface area contributed by atoms with Gasteiger partial charge in [-0.1, -0.05) is 0 Å². The van der Waals surface area contributed by atoms with Crippen LogP contribution in [0.1, 0.15) is 15.9 Å². The van der Waals surface area contributed by atoms with Gasteiger partial charge in [0.05, 0.1) is 17.6 Å². The largest absolute Gasteiger partial charge is 0.496 e. The summed E-state index contributed by atoms with van der Waals surface area (Å²) in [7, 11) is -2.37. The summed E-state index contributed by atoms with van der Waals surface area (Å²) in [6, 6.07) is 5.70. The molecule has 0 aliphatic heterocycles. The van der Waals surface area contributed by atoms with Gasteiger partial charge in [-0.05, 0) is 29.8 Å². The van der Waals surface area contributed by atoms with E-state index >= 15 is 0 Å². The molecule has 0 radical (unpaired) electrons. The van der Waals surface area contributed by atoms with Gasteiger partial charge in [-0.3, -0.25) is 4.79 Å². The zero-order valence-corrected chi connectivity index (χ0v) is 12.1. The molecule has 0 bridgehead atoms. The number of aromatic nitrogens is 1. The molecule has 4 N–H and O–H groups in total. The summed E-state index contributed by atoms with van der Waals surface area (Å²) in [6.07, 6.45) is 3.38. The molecule has 2 aromatic rings. The number of methoxy groups -OCH3 is 1. The molecule has 7 nitrogen and oxygen atoms in total. The number of H-pyrrole nitrogens is 1. The number of primary amides is 1. The molecule has 0 atom stereocenters. The van der Waals surface area contributed by atoms with Crippen molar-refractivity contribution in [2.24, 2.45) is 5.73 Å². The number of rotatable bonds is 6. The van der Waals surface area contributed by atoms with Gasteiger partial charge in [0.1, 0.15) is 5.75 Å². The van der Waals surface area contributed by atoms with E-state index in [9.17, 15) is 13.2 Å². The molecule has 1 amide bonds. The predicted molar refractivity (Wildman–Crippen MR) is 76.3 cm³/mol. The number of hydrogen-bond acceptors (Lipinski definition) is 4. The lowest BCUT2D eigenvalue weighted by Gasteiger charge is -2.09. The Hall–Kier alpha value is -2.32. The van der Waals surface area contributed by atoms with E-state index in [1.165, 1.54) is 25.3 Å². The van der Waals surface area contributed by atoms with Crippen molar-refractivity contribution in [2.75, 3.05) is 7.11 Å². The Balaban J connectivity index is 2.27. The summed E-state index contributed by atoms with van der Waals surface area (Å²) in [6.45, 7) is 0.143. The third kappa shape index (κ3) is 3.41. The van der Waals surface area contributed by atoms with Crippen molar-refractivity contribution in [1.82, 2.24) is 9.71 Å². The van der Waals surface area contributed by atoms with Gasteiger partial charge in [0.2, 0.25) is 10.0 Å². The van der Waals surface area contributed by atoms with Crippen molar-refractivity contribution in [3.63, 3.8) is 0 Å². The highest BCUT2D eigenvalue weighted by Crippen LogP contribution is 2.22. The first-order chi connectivity index (χ1) is 9.94. The first kappa shape index (κ1) is 15.1. The van der Waals surface area contributed by atoms with Gasteiger partial charge in [-0.25, -0.2) is 13.1 Å². The molecule has 1 aromatic heterocycles. The second-order valence-electron chi connectivity index (χ2n) is 4.27. The van der Waals surface area contributed by atoms with Gasteiger partial charge < -0.3 is 15.5 Å². The van der Waals surface area contributed by atoms with Crippen molar-refractivity contribution >= 4 is 15.9 Å². The number of carbonyl (C=O) groups is 1. The summed E-state index contributed by atoms with van der Waals surface area (Å²) in [5.41, 5.74) is 6.02. The smallest absolute Gasteiger partial charge is 0.252 e. The van der Waals surface area contributed by atoms with Crippen LogP contribution in [0.4, 0.5) is 0 Å². The summed E-state index contributed by atoms with van der Waals surface area (Å²) >= 11 is 0. The molecule has 0 saturated carbocycles. The number of ether oxygens (including phenoxy) is 1. The lowest BCUT2D eigenvalue weighted by molar-refractivity contribution is 0.0997. The fourth-order valence-corrected chi connectivity index (χ4v) is 2.82. The maximum atomic E-state index is 12.2. The number of amides is 1. The van der Waals surface area contributed by atoms with Crippen molar-refractivity contribution < 1.29 is 17.9 Å². The van der Waals surface area contributed by atoms with Gasteiger partial charge in [-0.15, -0.1) is 0 Å². The minimum atomic E-state index is -3.74. The molecule has 0 spiro atoms. The molecule has 21 heavy (non-hydrogen) atoms. The second-order valence-corrected chi connectivity index (χ2v) is 6.04. The van der Waals surface area contributed by atoms with Crippen LogP contribution in [0.25, 0.3) is 0 Å². The third-order valence-corrected chi connectivity index (χ3v) is 4.27. The van der Waals surface area contributed by atoms with Crippen LogP contribution in [-0.4, -0.2) is 26.4 Å². The number of hydrogen-bond donors (Lipinski definition) is 3. The van der Waals surface area contributed by atoms with Crippen molar-refractivity contribution in [3.8, 4) is 5.75 Å². The van der Waals surface area contributed by atoms with E-state index in [0.717, 1.165) is 5.56 Å². The van der Waals surface area contributed by atoms with Crippen molar-refractivity contribution in [1.29, 1.82) is 0 Å². The monoisotopic (exact) mass is 309 g/mol. The first-order valence-corrected chi connectivity index (χ1v) is 7.51. The highest BCUT2D eigenvalue weighted by molar-refractivity contribution is 7.89. The standard InChI is InChI=1S/C13H15N3O4S/c1-20-12-3-2-10(6-11(12)13(14)17)21(18,19)16-8-9-4-5-15-7-9/h2-7,15-16H,8H2,1H3,(H2,14,17). The van der Waals surface area contributed by atoms with E-state index in [-0.39, 0.29) is 22.8 Å². The summed E-state index contributed by atoms with van der Waals surface area (Å²) in [4.78, 5) is 14.1. The molecule has 1 heterocycles. The number of nitrogens with two attached hydrogens (primary N) is 1. The van der Waals surface area contributed by atoms with Crippen molar-refractivity contribution in [3.05, 3.63) is 47.8 Å². The zero-order valence-electron chi connectivity index (χ0n) is 11.3. The number of sulfonamides is 1. The molecule has 2 rings (SSSR count). The molecule has 0 saturated heterocycles. The summed E-state index contributed by atoms with van der Waals surface area (Å²) in [5.74, 6) is -0.526. The van der Waals surface area contributed by atoms with Crippen LogP contribution in [0.2, 0.25) is 0 Å². The Labute approximate surface area is 122 Å². The number of aromatic amines is 1. The molecular formula is C13H15N3O4S. The number of benzene rings is 1. The molecular weight excluding hydrogens is 294 g/mol. The molecule has 0 fully saturated rings. The average molecular weight is 309 g/mol. The highest BCUT2D eigenvalue weighted by atomic mass is 32.2. The topological polar surface area (TPSA) is 114 Å². The van der Waals surface area contributed by atoms with Crippen LogP contribution < -0.4 is 15.2 Å². The molecule has 0 aliphatic rings. The van der Waals surface area contributed by atoms with Gasteiger partial charge in [0.15, 0.2) is 0 Å². The normalized spacial score (nSPS) is 11.3. The molecule has 112 valence electrons.